The minimum atomic E-state index is -4.13. The van der Waals surface area contributed by atoms with Crippen molar-refractivity contribution >= 4 is 43.5 Å². The summed E-state index contributed by atoms with van der Waals surface area (Å²) < 4.78 is 43.0. The van der Waals surface area contributed by atoms with Gasteiger partial charge in [-0.1, -0.05) is 72.1 Å². The first-order valence-corrected chi connectivity index (χ1v) is 15.6. The highest BCUT2D eigenvalue weighted by Crippen LogP contribution is 2.27. The second-order valence-electron chi connectivity index (χ2n) is 9.87. The molecule has 0 aliphatic heterocycles. The largest absolute Gasteiger partial charge is 0.352 e. The molecule has 7 nitrogen and oxygen atoms in total. The van der Waals surface area contributed by atoms with Crippen molar-refractivity contribution in [3.05, 3.63) is 94.7 Å². The highest BCUT2D eigenvalue weighted by molar-refractivity contribution is 9.10. The maximum atomic E-state index is 14.1. The predicted molar refractivity (Wildman–Crippen MR) is 157 cm³/mol. The van der Waals surface area contributed by atoms with Crippen LogP contribution < -0.4 is 9.62 Å². The number of halogens is 2. The van der Waals surface area contributed by atoms with Crippen LogP contribution >= 0.6 is 15.9 Å². The summed E-state index contributed by atoms with van der Waals surface area (Å²) in [6.07, 6.45) is 4.19. The van der Waals surface area contributed by atoms with Crippen molar-refractivity contribution in [2.24, 2.45) is 0 Å². The Morgan fingerprint density at radius 3 is 2.30 bits per heavy atom. The number of nitrogens with zero attached hydrogens (tertiary/aromatic N) is 2. The molecule has 212 valence electrons. The van der Waals surface area contributed by atoms with Crippen LogP contribution in [0.3, 0.4) is 0 Å². The van der Waals surface area contributed by atoms with E-state index in [1.807, 2.05) is 6.92 Å². The molecular weight excluding hydrogens is 597 g/mol. The molecule has 0 heterocycles. The molecule has 0 radical (unpaired) electrons. The Balaban J connectivity index is 1.70. The summed E-state index contributed by atoms with van der Waals surface area (Å²) in [4.78, 5) is 28.9. The van der Waals surface area contributed by atoms with Crippen LogP contribution in [0.25, 0.3) is 0 Å². The maximum Gasteiger partial charge on any atom is 0.264 e. The fraction of sp³-hybridized carbons (Fsp3) is 0.333. The summed E-state index contributed by atoms with van der Waals surface area (Å²) in [5.74, 6) is -1.23. The van der Waals surface area contributed by atoms with Crippen LogP contribution in [-0.4, -0.2) is 43.8 Å². The molecule has 0 aromatic heterocycles. The Kier molecular flexibility index (Phi) is 9.97. The fourth-order valence-electron chi connectivity index (χ4n) is 4.95. The molecule has 1 aliphatic carbocycles. The molecule has 0 bridgehead atoms. The molecule has 0 saturated heterocycles. The van der Waals surface area contributed by atoms with Crippen molar-refractivity contribution in [2.45, 2.75) is 62.6 Å². The lowest BCUT2D eigenvalue weighted by Gasteiger charge is -2.33. The second kappa shape index (κ2) is 13.4. The smallest absolute Gasteiger partial charge is 0.264 e. The van der Waals surface area contributed by atoms with Gasteiger partial charge in [-0.25, -0.2) is 12.8 Å². The second-order valence-corrected chi connectivity index (χ2v) is 12.6. The van der Waals surface area contributed by atoms with Crippen molar-refractivity contribution in [2.75, 3.05) is 10.8 Å². The Morgan fingerprint density at radius 2 is 1.68 bits per heavy atom. The standard InChI is InChI=1S/C30H33BrFN3O4S/c1-2-28(30(37)33-25-10-6-7-11-25)34(20-22-15-17-24(32)18-16-22)29(36)21-35(26-12-8-9-23(31)19-26)40(38,39)27-13-4-3-5-14-27/h3-5,8-9,12-19,25,28H,2,6-7,10-11,20-21H2,1H3,(H,33,37)/t28-/m0/s1. The third-order valence-corrected chi connectivity index (χ3v) is 9.34. The molecule has 3 aromatic rings. The number of hydrogen-bond donors (Lipinski definition) is 1. The van der Waals surface area contributed by atoms with E-state index in [4.69, 9.17) is 0 Å². The number of carbonyl (C=O) groups is 2. The monoisotopic (exact) mass is 629 g/mol. The molecule has 1 atom stereocenters. The Bertz CT molecular complexity index is 1410. The van der Waals surface area contributed by atoms with E-state index in [1.165, 1.54) is 29.2 Å². The lowest BCUT2D eigenvalue weighted by molar-refractivity contribution is -0.140. The zero-order chi connectivity index (χ0) is 28.7. The van der Waals surface area contributed by atoms with Gasteiger partial charge in [-0.05, 0) is 67.3 Å². The SMILES string of the molecule is CC[C@@H](C(=O)NC1CCCC1)N(Cc1ccc(F)cc1)C(=O)CN(c1cccc(Br)c1)S(=O)(=O)c1ccccc1. The molecule has 3 aromatic carbocycles. The summed E-state index contributed by atoms with van der Waals surface area (Å²) in [7, 11) is -4.13. The van der Waals surface area contributed by atoms with Gasteiger partial charge in [-0.15, -0.1) is 0 Å². The van der Waals surface area contributed by atoms with E-state index in [9.17, 15) is 22.4 Å². The van der Waals surface area contributed by atoms with Crippen LogP contribution in [0.4, 0.5) is 10.1 Å². The van der Waals surface area contributed by atoms with Crippen LogP contribution in [0.1, 0.15) is 44.6 Å². The van der Waals surface area contributed by atoms with Gasteiger partial charge in [0.05, 0.1) is 10.6 Å². The van der Waals surface area contributed by atoms with E-state index >= 15 is 0 Å². The molecule has 40 heavy (non-hydrogen) atoms. The first-order valence-electron chi connectivity index (χ1n) is 13.4. The van der Waals surface area contributed by atoms with Crippen LogP contribution in [-0.2, 0) is 26.2 Å². The van der Waals surface area contributed by atoms with Gasteiger partial charge in [-0.3, -0.25) is 13.9 Å². The van der Waals surface area contributed by atoms with Gasteiger partial charge in [0.15, 0.2) is 0 Å². The van der Waals surface area contributed by atoms with Crippen LogP contribution in [0.2, 0.25) is 0 Å². The minimum Gasteiger partial charge on any atom is -0.352 e. The zero-order valence-corrected chi connectivity index (χ0v) is 24.7. The molecular formula is C30H33BrFN3O4S. The highest BCUT2D eigenvalue weighted by atomic mass is 79.9. The van der Waals surface area contributed by atoms with E-state index in [1.54, 1.807) is 54.6 Å². The topological polar surface area (TPSA) is 86.8 Å². The number of sulfonamides is 1. The van der Waals surface area contributed by atoms with Crippen molar-refractivity contribution in [3.8, 4) is 0 Å². The average Bonchev–Trinajstić information content (AvgIpc) is 3.46. The van der Waals surface area contributed by atoms with E-state index in [0.29, 0.717) is 22.1 Å². The predicted octanol–water partition coefficient (Wildman–Crippen LogP) is 5.65. The molecule has 0 unspecified atom stereocenters. The van der Waals surface area contributed by atoms with Gasteiger partial charge < -0.3 is 10.2 Å². The third-order valence-electron chi connectivity index (χ3n) is 7.06. The lowest BCUT2D eigenvalue weighted by Crippen LogP contribution is -2.53. The normalized spacial score (nSPS) is 14.5. The number of rotatable bonds is 11. The van der Waals surface area contributed by atoms with Gasteiger partial charge in [0.25, 0.3) is 10.0 Å². The van der Waals surface area contributed by atoms with Gasteiger partial charge in [0, 0.05) is 17.1 Å². The van der Waals surface area contributed by atoms with Crippen LogP contribution in [0, 0.1) is 5.82 Å². The number of benzene rings is 3. The first kappa shape index (κ1) is 29.7. The lowest BCUT2D eigenvalue weighted by atomic mass is 10.1. The number of hydrogen-bond acceptors (Lipinski definition) is 4. The summed E-state index contributed by atoms with van der Waals surface area (Å²) in [6.45, 7) is 1.31. The summed E-state index contributed by atoms with van der Waals surface area (Å²) in [6, 6.07) is 19.5. The van der Waals surface area contributed by atoms with E-state index in [2.05, 4.69) is 21.2 Å². The number of anilines is 1. The summed E-state index contributed by atoms with van der Waals surface area (Å²) in [5, 5.41) is 3.08. The number of amides is 2. The summed E-state index contributed by atoms with van der Waals surface area (Å²) in [5.41, 5.74) is 0.929. The van der Waals surface area contributed by atoms with Gasteiger partial charge in [0.2, 0.25) is 11.8 Å². The van der Waals surface area contributed by atoms with Crippen LogP contribution in [0.15, 0.2) is 88.2 Å². The molecule has 4 rings (SSSR count). The quantitative estimate of drug-likeness (QED) is 0.297. The Labute approximate surface area is 243 Å². The van der Waals surface area contributed by atoms with Crippen molar-refractivity contribution < 1.29 is 22.4 Å². The van der Waals surface area contributed by atoms with Crippen molar-refractivity contribution in [3.63, 3.8) is 0 Å². The van der Waals surface area contributed by atoms with Crippen molar-refractivity contribution in [1.29, 1.82) is 0 Å². The number of carbonyl (C=O) groups excluding carboxylic acids is 2. The van der Waals surface area contributed by atoms with Gasteiger partial charge >= 0.3 is 0 Å². The molecule has 1 saturated carbocycles. The zero-order valence-electron chi connectivity index (χ0n) is 22.3. The molecule has 1 fully saturated rings. The molecule has 1 aliphatic rings. The fourth-order valence-corrected chi connectivity index (χ4v) is 6.77. The Morgan fingerprint density at radius 1 is 1.00 bits per heavy atom. The Hall–Kier alpha value is -3.24. The van der Waals surface area contributed by atoms with E-state index in [-0.39, 0.29) is 23.4 Å². The summed E-state index contributed by atoms with van der Waals surface area (Å²) >= 11 is 3.39. The van der Waals surface area contributed by atoms with Crippen molar-refractivity contribution in [1.82, 2.24) is 10.2 Å². The third kappa shape index (κ3) is 7.28. The van der Waals surface area contributed by atoms with E-state index < -0.39 is 34.3 Å². The van der Waals surface area contributed by atoms with Gasteiger partial charge in [-0.2, -0.15) is 0 Å². The molecule has 10 heteroatoms. The molecule has 2 amide bonds. The highest BCUT2D eigenvalue weighted by Gasteiger charge is 2.34. The minimum absolute atomic E-state index is 0.0212. The molecule has 1 N–H and O–H groups in total. The van der Waals surface area contributed by atoms with E-state index in [0.717, 1.165) is 30.0 Å². The first-order chi connectivity index (χ1) is 19.2. The number of nitrogens with one attached hydrogen (secondary N) is 1. The van der Waals surface area contributed by atoms with Crippen LogP contribution in [0.5, 0.6) is 0 Å². The maximum absolute atomic E-state index is 14.1. The molecule has 0 spiro atoms. The van der Waals surface area contributed by atoms with Gasteiger partial charge in [0.1, 0.15) is 18.4 Å². The average molecular weight is 631 g/mol.